The fourth-order valence-corrected chi connectivity index (χ4v) is 17.0. The minimum absolute atomic E-state index is 0. The number of hydrogen-bond acceptors (Lipinski definition) is 2. The van der Waals surface area contributed by atoms with Gasteiger partial charge >= 0.3 is 188 Å². The summed E-state index contributed by atoms with van der Waals surface area (Å²) in [5, 5.41) is 0. The Kier molecular flexibility index (Phi) is 8.24. The van der Waals surface area contributed by atoms with E-state index in [4.69, 9.17) is 0 Å². The van der Waals surface area contributed by atoms with E-state index in [1.54, 1.807) is 0 Å². The summed E-state index contributed by atoms with van der Waals surface area (Å²) in [7, 11) is 0. The van der Waals surface area contributed by atoms with Crippen molar-refractivity contribution < 1.29 is 54.7 Å². The molecule has 2 aliphatic carbocycles. The summed E-state index contributed by atoms with van der Waals surface area (Å²) < 4.78 is 1.02. The van der Waals surface area contributed by atoms with Crippen LogP contribution in [0.4, 0.5) is 0 Å². The summed E-state index contributed by atoms with van der Waals surface area (Å²) in [6.07, 6.45) is 11.0. The number of halogens is 2. The summed E-state index contributed by atoms with van der Waals surface area (Å²) in [5.41, 5.74) is 3.52. The van der Waals surface area contributed by atoms with Gasteiger partial charge in [0, 0.05) is 0 Å². The van der Waals surface area contributed by atoms with Crippen LogP contribution in [-0.4, -0.2) is 6.98 Å². The largest absolute Gasteiger partial charge is 1.00 e. The number of rotatable bonds is 6. The van der Waals surface area contributed by atoms with E-state index in [-0.39, 0.29) is 35.4 Å². The van der Waals surface area contributed by atoms with E-state index in [0.717, 1.165) is 14.4 Å². The van der Waals surface area contributed by atoms with Crippen LogP contribution in [0.1, 0.15) is 41.9 Å². The van der Waals surface area contributed by atoms with E-state index in [1.807, 2.05) is 84.9 Å². The third kappa shape index (κ3) is 4.31. The Hall–Kier alpha value is -2.32. The Morgan fingerprint density at radius 2 is 1.27 bits per heavy atom. The zero-order chi connectivity index (χ0) is 21.3. The van der Waals surface area contributed by atoms with Crippen LogP contribution in [0.5, 0.6) is 0 Å². The molecule has 0 saturated carbocycles. The second kappa shape index (κ2) is 10.7. The van der Waals surface area contributed by atoms with Crippen molar-refractivity contribution in [2.45, 2.75) is 10.0 Å². The van der Waals surface area contributed by atoms with E-state index in [1.165, 1.54) is 0 Å². The molecule has 0 aromatic heterocycles. The Morgan fingerprint density at radius 3 is 1.82 bits per heavy atom. The van der Waals surface area contributed by atoms with Gasteiger partial charge in [0.25, 0.3) is 0 Å². The zero-order valence-electron chi connectivity index (χ0n) is 17.8. The van der Waals surface area contributed by atoms with Gasteiger partial charge in [-0.25, -0.2) is 0 Å². The second-order valence-corrected chi connectivity index (χ2v) is 17.3. The summed E-state index contributed by atoms with van der Waals surface area (Å²) >= 11 is -4.51. The monoisotopic (exact) mass is 550 g/mol. The first kappa shape index (κ1) is 25.3. The molecular weight excluding hydrogens is 530 g/mol. The first-order valence-corrected chi connectivity index (χ1v) is 15.7. The van der Waals surface area contributed by atoms with Crippen LogP contribution in [0.25, 0.3) is 6.08 Å². The minimum atomic E-state index is -4.51. The molecule has 33 heavy (non-hydrogen) atoms. The van der Waals surface area contributed by atoms with Crippen LogP contribution in [0.15, 0.2) is 113 Å². The van der Waals surface area contributed by atoms with Crippen molar-refractivity contribution in [2.75, 3.05) is 0 Å². The molecule has 0 heterocycles. The third-order valence-electron chi connectivity index (χ3n) is 6.33. The normalized spacial score (nSPS) is 15.3. The summed E-state index contributed by atoms with van der Waals surface area (Å²) in [6, 6.07) is 27.0. The Labute approximate surface area is 211 Å². The Bertz CT molecular complexity index is 1200. The number of allylic oxidation sites excluding steroid dienone is 5. The van der Waals surface area contributed by atoms with E-state index in [0.29, 0.717) is 17.5 Å². The molecule has 0 amide bonds. The molecule has 2 aliphatic rings. The van der Waals surface area contributed by atoms with Crippen LogP contribution in [0.2, 0.25) is 0 Å². The van der Waals surface area contributed by atoms with Gasteiger partial charge in [0.05, 0.1) is 0 Å². The molecule has 164 valence electrons. The molecule has 3 aromatic rings. The van der Waals surface area contributed by atoms with E-state index in [2.05, 4.69) is 30.4 Å². The van der Waals surface area contributed by atoms with Crippen molar-refractivity contribution in [3.8, 4) is 0 Å². The SMILES string of the molecule is O=[C](c1ccccc1)[Zr+2]([C](=O)c1ccccc1)([C]1=CC=CC1)[CH]1C=Cc2ccccc21.[Cl-].[Cl-]. The molecule has 0 bridgehead atoms. The number of benzene rings is 3. The molecule has 0 aliphatic heterocycles. The summed E-state index contributed by atoms with van der Waals surface area (Å²) in [6.45, 7) is 0. The van der Waals surface area contributed by atoms with Crippen molar-refractivity contribution in [2.24, 2.45) is 0 Å². The molecular formula is C28H22Cl2O2Zr. The van der Waals surface area contributed by atoms with Gasteiger partial charge in [-0.2, -0.15) is 0 Å². The molecule has 0 N–H and O–H groups in total. The van der Waals surface area contributed by atoms with E-state index >= 15 is 0 Å². The van der Waals surface area contributed by atoms with Gasteiger partial charge in [-0.05, 0) is 0 Å². The van der Waals surface area contributed by atoms with Gasteiger partial charge in [-0.15, -0.1) is 0 Å². The molecule has 3 aromatic carbocycles. The van der Waals surface area contributed by atoms with Crippen LogP contribution in [-0.2, 0) is 20.3 Å². The van der Waals surface area contributed by atoms with Crippen molar-refractivity contribution in [3.05, 3.63) is 135 Å². The number of carbonyl (C=O) groups excluding carboxylic acids is 2. The van der Waals surface area contributed by atoms with E-state index < -0.39 is 20.3 Å². The summed E-state index contributed by atoms with van der Waals surface area (Å²) in [5.74, 6) is 0. The minimum Gasteiger partial charge on any atom is -1.00 e. The molecule has 0 spiro atoms. The third-order valence-corrected chi connectivity index (χ3v) is 18.2. The first-order valence-electron chi connectivity index (χ1n) is 10.6. The topological polar surface area (TPSA) is 34.1 Å². The summed E-state index contributed by atoms with van der Waals surface area (Å²) in [4.78, 5) is 28.9. The van der Waals surface area contributed by atoms with Gasteiger partial charge < -0.3 is 24.8 Å². The fourth-order valence-electron chi connectivity index (χ4n) is 4.88. The van der Waals surface area contributed by atoms with Gasteiger partial charge in [0.15, 0.2) is 0 Å². The quantitative estimate of drug-likeness (QED) is 0.445. The zero-order valence-corrected chi connectivity index (χ0v) is 21.8. The van der Waals surface area contributed by atoms with Crippen molar-refractivity contribution >= 4 is 13.1 Å². The van der Waals surface area contributed by atoms with Gasteiger partial charge in [-0.1, -0.05) is 0 Å². The number of hydrogen-bond donors (Lipinski definition) is 0. The Morgan fingerprint density at radius 1 is 0.727 bits per heavy atom. The molecule has 0 radical (unpaired) electrons. The maximum Gasteiger partial charge on any atom is -1.00 e. The van der Waals surface area contributed by atoms with Crippen molar-refractivity contribution in [3.63, 3.8) is 0 Å². The molecule has 0 fully saturated rings. The van der Waals surface area contributed by atoms with Gasteiger partial charge in [-0.3, -0.25) is 0 Å². The molecule has 1 atom stereocenters. The standard InChI is InChI=1S/C9H7.2C7H5O.C5H5.2ClH.Zr/c1-2-5-9-7-3-6-8(9)4-1;2*8-6-7-4-2-1-3-5-7;1-2-4-5-3-1;;;/h1-7H;2*1-5H;1-3H,4H2;2*1H;/q;;;;;;+2/p-2. The molecule has 0 saturated heterocycles. The second-order valence-electron chi connectivity index (χ2n) is 7.99. The van der Waals surface area contributed by atoms with Gasteiger partial charge in [0.1, 0.15) is 0 Å². The van der Waals surface area contributed by atoms with Crippen LogP contribution in [0.3, 0.4) is 0 Å². The van der Waals surface area contributed by atoms with E-state index in [9.17, 15) is 9.59 Å². The maximum atomic E-state index is 14.4. The smallest absolute Gasteiger partial charge is 1.00 e. The van der Waals surface area contributed by atoms with Crippen LogP contribution < -0.4 is 24.8 Å². The molecule has 2 nitrogen and oxygen atoms in total. The van der Waals surface area contributed by atoms with Crippen LogP contribution in [0, 0.1) is 0 Å². The first-order chi connectivity index (χ1) is 15.2. The van der Waals surface area contributed by atoms with Crippen molar-refractivity contribution in [1.82, 2.24) is 0 Å². The number of fused-ring (bicyclic) bond motifs is 1. The maximum absolute atomic E-state index is 14.4. The molecule has 5 rings (SSSR count). The average molecular weight is 553 g/mol. The van der Waals surface area contributed by atoms with Gasteiger partial charge in [0.2, 0.25) is 0 Å². The Balaban J connectivity index is 0.00000153. The fraction of sp³-hybridized carbons (Fsp3) is 0.0714. The molecule has 1 unspecified atom stereocenters. The predicted molar refractivity (Wildman–Crippen MR) is 122 cm³/mol. The number of carbonyl (C=O) groups is 2. The molecule has 5 heteroatoms. The van der Waals surface area contributed by atoms with Crippen LogP contribution >= 0.6 is 0 Å². The average Bonchev–Trinajstić information content (AvgIpc) is 3.52. The van der Waals surface area contributed by atoms with Crippen molar-refractivity contribution in [1.29, 1.82) is 0 Å². The predicted octanol–water partition coefficient (Wildman–Crippen LogP) is 0.441.